The topological polar surface area (TPSA) is 112 Å². The second kappa shape index (κ2) is 11.6. The van der Waals surface area contributed by atoms with E-state index in [-0.39, 0.29) is 12.5 Å². The number of benzene rings is 1. The average molecular weight is 469 g/mol. The zero-order chi connectivity index (χ0) is 26.3. The van der Waals surface area contributed by atoms with E-state index in [1.807, 2.05) is 26.8 Å². The number of nitriles is 1. The van der Waals surface area contributed by atoms with Gasteiger partial charge >= 0.3 is 6.09 Å². The summed E-state index contributed by atoms with van der Waals surface area (Å²) in [4.78, 5) is 40.6. The molecule has 0 aromatic heterocycles. The van der Waals surface area contributed by atoms with Gasteiger partial charge in [-0.25, -0.2) is 4.79 Å². The highest BCUT2D eigenvalue weighted by Gasteiger charge is 2.38. The van der Waals surface area contributed by atoms with Crippen molar-refractivity contribution in [2.75, 3.05) is 6.54 Å². The number of hydrogen-bond donors (Lipinski definition) is 2. The van der Waals surface area contributed by atoms with E-state index in [1.165, 1.54) is 4.90 Å². The molecule has 3 amide bonds. The van der Waals surface area contributed by atoms with Gasteiger partial charge in [-0.1, -0.05) is 31.9 Å². The minimum atomic E-state index is -1.11. The Kier molecular flexibility index (Phi) is 9.69. The van der Waals surface area contributed by atoms with Crippen LogP contribution in [0.25, 0.3) is 0 Å². The molecule has 8 nitrogen and oxygen atoms in total. The Morgan fingerprint density at radius 3 is 2.06 bits per heavy atom. The lowest BCUT2D eigenvalue weighted by Gasteiger charge is -2.35. The number of carbonyl (C=O) groups excluding carboxylic acids is 3. The first-order valence-corrected chi connectivity index (χ1v) is 11.1. The molecule has 2 unspecified atom stereocenters. The van der Waals surface area contributed by atoms with E-state index in [1.54, 1.807) is 58.9 Å². The quantitative estimate of drug-likeness (QED) is 0.470. The van der Waals surface area contributed by atoms with Crippen LogP contribution in [0, 0.1) is 29.6 Å². The molecule has 0 saturated carbocycles. The van der Waals surface area contributed by atoms with E-state index in [0.717, 1.165) is 0 Å². The maximum absolute atomic E-state index is 13.7. The van der Waals surface area contributed by atoms with Crippen LogP contribution in [0.1, 0.15) is 72.6 Å². The van der Waals surface area contributed by atoms with Gasteiger partial charge in [-0.2, -0.15) is 5.26 Å². The SMILES string of the molecule is C#Cc1ccc(C(C(=O)NC(C)(C)C)N(CC#N)C(=O)C(NC(=O)OC(C)(C)C)C(C)C)cc1. The molecule has 0 radical (unpaired) electrons. The summed E-state index contributed by atoms with van der Waals surface area (Å²) in [5.41, 5.74) is -0.232. The molecule has 0 fully saturated rings. The normalized spacial score (nSPS) is 13.1. The van der Waals surface area contributed by atoms with Crippen molar-refractivity contribution in [2.24, 2.45) is 5.92 Å². The van der Waals surface area contributed by atoms with Crippen molar-refractivity contribution in [2.45, 2.75) is 78.6 Å². The van der Waals surface area contributed by atoms with Crippen molar-refractivity contribution < 1.29 is 19.1 Å². The number of carbonyl (C=O) groups is 3. The second-order valence-electron chi connectivity index (χ2n) is 10.4. The summed E-state index contributed by atoms with van der Waals surface area (Å²) in [6, 6.07) is 6.50. The summed E-state index contributed by atoms with van der Waals surface area (Å²) in [7, 11) is 0. The van der Waals surface area contributed by atoms with Crippen LogP contribution >= 0.6 is 0 Å². The van der Waals surface area contributed by atoms with Crippen LogP contribution in [0.15, 0.2) is 24.3 Å². The molecule has 184 valence electrons. The summed E-state index contributed by atoms with van der Waals surface area (Å²) in [6.07, 6.45) is 4.69. The maximum Gasteiger partial charge on any atom is 0.408 e. The fraction of sp³-hybridized carbons (Fsp3) is 0.538. The van der Waals surface area contributed by atoms with Gasteiger partial charge in [-0.15, -0.1) is 6.42 Å². The third kappa shape index (κ3) is 8.78. The first-order valence-electron chi connectivity index (χ1n) is 11.1. The summed E-state index contributed by atoms with van der Waals surface area (Å²) < 4.78 is 5.31. The first kappa shape index (κ1) is 28.5. The van der Waals surface area contributed by atoms with Crippen molar-refractivity contribution in [1.29, 1.82) is 5.26 Å². The van der Waals surface area contributed by atoms with Crippen molar-refractivity contribution in [3.8, 4) is 18.4 Å². The summed E-state index contributed by atoms with van der Waals surface area (Å²) in [5.74, 6) is 1.15. The fourth-order valence-electron chi connectivity index (χ4n) is 3.17. The molecule has 0 bridgehead atoms. The van der Waals surface area contributed by atoms with Crippen LogP contribution in [0.4, 0.5) is 4.79 Å². The van der Waals surface area contributed by atoms with Crippen LogP contribution in [-0.4, -0.2) is 46.5 Å². The Morgan fingerprint density at radius 2 is 1.65 bits per heavy atom. The van der Waals surface area contributed by atoms with Crippen LogP contribution in [0.3, 0.4) is 0 Å². The van der Waals surface area contributed by atoms with Gasteiger partial charge in [0.15, 0.2) is 0 Å². The Bertz CT molecular complexity index is 957. The molecule has 0 aliphatic carbocycles. The molecule has 0 aliphatic rings. The van der Waals surface area contributed by atoms with Crippen LogP contribution in [-0.2, 0) is 14.3 Å². The van der Waals surface area contributed by atoms with Gasteiger partial charge in [0.05, 0.1) is 6.07 Å². The Morgan fingerprint density at radius 1 is 1.09 bits per heavy atom. The van der Waals surface area contributed by atoms with E-state index < -0.39 is 41.1 Å². The zero-order valence-corrected chi connectivity index (χ0v) is 21.4. The number of nitrogens with one attached hydrogen (secondary N) is 2. The van der Waals surface area contributed by atoms with E-state index in [2.05, 4.69) is 16.6 Å². The average Bonchev–Trinajstić information content (AvgIpc) is 2.68. The molecule has 0 heterocycles. The van der Waals surface area contributed by atoms with Gasteiger partial charge in [0.1, 0.15) is 24.2 Å². The molecule has 8 heteroatoms. The lowest BCUT2D eigenvalue weighted by molar-refractivity contribution is -0.143. The predicted octanol–water partition coefficient (Wildman–Crippen LogP) is 3.53. The highest BCUT2D eigenvalue weighted by Crippen LogP contribution is 2.25. The largest absolute Gasteiger partial charge is 0.444 e. The molecule has 1 aromatic carbocycles. The van der Waals surface area contributed by atoms with Gasteiger partial charge in [0, 0.05) is 11.1 Å². The second-order valence-corrected chi connectivity index (χ2v) is 10.4. The lowest BCUT2D eigenvalue weighted by Crippen LogP contribution is -2.56. The third-order valence-electron chi connectivity index (χ3n) is 4.58. The molecule has 2 atom stereocenters. The fourth-order valence-corrected chi connectivity index (χ4v) is 3.17. The van der Waals surface area contributed by atoms with E-state index in [0.29, 0.717) is 11.1 Å². The molecule has 0 saturated heterocycles. The van der Waals surface area contributed by atoms with Crippen molar-refractivity contribution >= 4 is 17.9 Å². The van der Waals surface area contributed by atoms with Gasteiger partial charge in [-0.3, -0.25) is 9.59 Å². The molecule has 1 rings (SSSR count). The molecule has 2 N–H and O–H groups in total. The lowest BCUT2D eigenvalue weighted by atomic mass is 9.97. The molecule has 34 heavy (non-hydrogen) atoms. The standard InChI is InChI=1S/C26H36N4O4/c1-10-18-11-13-19(14-12-18)21(22(31)29-25(4,5)6)30(16-15-27)23(32)20(17(2)3)28-24(33)34-26(7,8)9/h1,11-14,17,20-21H,16H2,2-9H3,(H,28,33)(H,29,31). The summed E-state index contributed by atoms with van der Waals surface area (Å²) in [5, 5.41) is 15.0. The predicted molar refractivity (Wildman–Crippen MR) is 130 cm³/mol. The molecular weight excluding hydrogens is 432 g/mol. The number of hydrogen-bond acceptors (Lipinski definition) is 5. The minimum Gasteiger partial charge on any atom is -0.444 e. The van der Waals surface area contributed by atoms with Gasteiger partial charge in [0.2, 0.25) is 11.8 Å². The van der Waals surface area contributed by atoms with E-state index in [4.69, 9.17) is 11.2 Å². The van der Waals surface area contributed by atoms with Crippen LogP contribution in [0.2, 0.25) is 0 Å². The number of amides is 3. The number of alkyl carbamates (subject to hydrolysis) is 1. The van der Waals surface area contributed by atoms with Gasteiger partial charge < -0.3 is 20.3 Å². The van der Waals surface area contributed by atoms with Crippen LogP contribution < -0.4 is 10.6 Å². The van der Waals surface area contributed by atoms with Gasteiger partial charge in [-0.05, 0) is 65.2 Å². The Hall–Kier alpha value is -3.52. The molecule has 1 aromatic rings. The summed E-state index contributed by atoms with van der Waals surface area (Å²) in [6.45, 7) is 13.8. The van der Waals surface area contributed by atoms with Gasteiger partial charge in [0.25, 0.3) is 0 Å². The van der Waals surface area contributed by atoms with Crippen molar-refractivity contribution in [1.82, 2.24) is 15.5 Å². The van der Waals surface area contributed by atoms with Crippen molar-refractivity contribution in [3.63, 3.8) is 0 Å². The number of nitrogens with zero attached hydrogens (tertiary/aromatic N) is 2. The molecule has 0 spiro atoms. The number of ether oxygens (including phenoxy) is 1. The highest BCUT2D eigenvalue weighted by molar-refractivity contribution is 5.92. The van der Waals surface area contributed by atoms with E-state index in [9.17, 15) is 19.6 Å². The van der Waals surface area contributed by atoms with E-state index >= 15 is 0 Å². The van der Waals surface area contributed by atoms with Crippen LogP contribution in [0.5, 0.6) is 0 Å². The smallest absolute Gasteiger partial charge is 0.408 e. The maximum atomic E-state index is 13.7. The molecular formula is C26H36N4O4. The highest BCUT2D eigenvalue weighted by atomic mass is 16.6. The Balaban J connectivity index is 3.47. The minimum absolute atomic E-state index is 0.337. The third-order valence-corrected chi connectivity index (χ3v) is 4.58. The zero-order valence-electron chi connectivity index (χ0n) is 21.4. The Labute approximate surface area is 203 Å². The number of terminal acetylenes is 1. The first-order chi connectivity index (χ1) is 15.6. The monoisotopic (exact) mass is 468 g/mol. The van der Waals surface area contributed by atoms with Crippen molar-refractivity contribution in [3.05, 3.63) is 35.4 Å². The summed E-state index contributed by atoms with van der Waals surface area (Å²) >= 11 is 0. The number of rotatable bonds is 7. The molecule has 0 aliphatic heterocycles.